The van der Waals surface area contributed by atoms with Crippen molar-refractivity contribution in [1.29, 1.82) is 0 Å². The fourth-order valence-electron chi connectivity index (χ4n) is 3.07. The van der Waals surface area contributed by atoms with E-state index in [-0.39, 0.29) is 49.1 Å². The Morgan fingerprint density at radius 1 is 1.07 bits per heavy atom. The molecule has 27 heavy (non-hydrogen) atoms. The molecule has 2 aliphatic rings. The van der Waals surface area contributed by atoms with Gasteiger partial charge in [0.15, 0.2) is 6.61 Å². The number of nitrogens with one attached hydrogen (secondary N) is 2. The highest BCUT2D eigenvalue weighted by Crippen LogP contribution is 2.34. The largest absolute Gasteiger partial charge is 0.456 e. The summed E-state index contributed by atoms with van der Waals surface area (Å²) in [4.78, 5) is 60.3. The number of ether oxygens (including phenoxy) is 1. The minimum atomic E-state index is -0.686. The van der Waals surface area contributed by atoms with Crippen molar-refractivity contribution in [2.24, 2.45) is 11.8 Å². The van der Waals surface area contributed by atoms with E-state index in [1.165, 1.54) is 0 Å². The monoisotopic (exact) mass is 379 g/mol. The van der Waals surface area contributed by atoms with Crippen molar-refractivity contribution in [2.75, 3.05) is 26.2 Å². The van der Waals surface area contributed by atoms with Crippen LogP contribution < -0.4 is 10.6 Å². The van der Waals surface area contributed by atoms with E-state index < -0.39 is 18.5 Å². The molecule has 0 radical (unpaired) electrons. The van der Waals surface area contributed by atoms with E-state index in [0.717, 1.165) is 11.3 Å². The van der Waals surface area contributed by atoms with E-state index in [4.69, 9.17) is 4.74 Å². The third-order valence-electron chi connectivity index (χ3n) is 4.52. The number of nitrogens with zero attached hydrogens (tertiary/aromatic N) is 1. The lowest BCUT2D eigenvalue weighted by Gasteiger charge is -2.14. The van der Waals surface area contributed by atoms with Crippen LogP contribution in [0.4, 0.5) is 0 Å². The minimum Gasteiger partial charge on any atom is -0.456 e. The van der Waals surface area contributed by atoms with Gasteiger partial charge in [-0.2, -0.15) is 0 Å². The lowest BCUT2D eigenvalue weighted by atomic mass is 9.85. The molecule has 1 heterocycles. The molecule has 0 unspecified atom stereocenters. The van der Waals surface area contributed by atoms with Crippen LogP contribution >= 0.6 is 0 Å². The van der Waals surface area contributed by atoms with E-state index in [1.54, 1.807) is 0 Å². The van der Waals surface area contributed by atoms with Crippen LogP contribution in [-0.4, -0.2) is 60.7 Å². The zero-order valence-corrected chi connectivity index (χ0v) is 15.4. The predicted molar refractivity (Wildman–Crippen MR) is 94.0 cm³/mol. The van der Waals surface area contributed by atoms with Crippen molar-refractivity contribution in [2.45, 2.75) is 32.6 Å². The van der Waals surface area contributed by atoms with Gasteiger partial charge in [0.25, 0.3) is 5.91 Å². The molecule has 2 rings (SSSR count). The van der Waals surface area contributed by atoms with Gasteiger partial charge in [-0.05, 0) is 19.3 Å². The van der Waals surface area contributed by atoms with E-state index in [2.05, 4.69) is 10.6 Å². The van der Waals surface area contributed by atoms with Crippen LogP contribution in [-0.2, 0) is 28.7 Å². The van der Waals surface area contributed by atoms with E-state index in [1.807, 2.05) is 19.1 Å². The maximum absolute atomic E-state index is 12.3. The van der Waals surface area contributed by atoms with Crippen LogP contribution in [0.1, 0.15) is 32.6 Å². The molecule has 0 aromatic heterocycles. The maximum Gasteiger partial charge on any atom is 0.308 e. The van der Waals surface area contributed by atoms with Gasteiger partial charge < -0.3 is 15.4 Å². The standard InChI is InChI=1S/C18H25N3O6/c1-2-8-19-14(22)10-20-15(23)11-27-16(24)7-9-21-17(25)12-5-3-4-6-13(12)18(21)26/h3-4,12-13H,2,5-11H2,1H3,(H,19,22)(H,20,23)/t12-,13-/m1/s1. The summed E-state index contributed by atoms with van der Waals surface area (Å²) in [6, 6.07) is 0. The third-order valence-corrected chi connectivity index (χ3v) is 4.52. The van der Waals surface area contributed by atoms with Gasteiger partial charge in [-0.15, -0.1) is 0 Å². The highest BCUT2D eigenvalue weighted by atomic mass is 16.5. The van der Waals surface area contributed by atoms with E-state index in [0.29, 0.717) is 19.4 Å². The summed E-state index contributed by atoms with van der Waals surface area (Å²) in [7, 11) is 0. The third kappa shape index (κ3) is 5.63. The Bertz CT molecular complexity index is 619. The Kier molecular flexibility index (Phi) is 7.51. The van der Waals surface area contributed by atoms with E-state index in [9.17, 15) is 24.0 Å². The van der Waals surface area contributed by atoms with Crippen molar-refractivity contribution in [3.05, 3.63) is 12.2 Å². The zero-order chi connectivity index (χ0) is 19.8. The summed E-state index contributed by atoms with van der Waals surface area (Å²) in [6.45, 7) is 1.67. The predicted octanol–water partition coefficient (Wildman–Crippen LogP) is -0.487. The average molecular weight is 379 g/mol. The molecule has 148 valence electrons. The molecule has 2 atom stereocenters. The normalized spacial score (nSPS) is 21.0. The van der Waals surface area contributed by atoms with Crippen LogP contribution in [0.5, 0.6) is 0 Å². The van der Waals surface area contributed by atoms with Gasteiger partial charge in [-0.1, -0.05) is 19.1 Å². The number of imide groups is 1. The van der Waals surface area contributed by atoms with Gasteiger partial charge in [-0.3, -0.25) is 28.9 Å². The van der Waals surface area contributed by atoms with Crippen molar-refractivity contribution in [3.63, 3.8) is 0 Å². The van der Waals surface area contributed by atoms with Gasteiger partial charge >= 0.3 is 5.97 Å². The first kappa shape index (κ1) is 20.6. The molecule has 9 nitrogen and oxygen atoms in total. The van der Waals surface area contributed by atoms with Crippen LogP contribution in [0.2, 0.25) is 0 Å². The number of esters is 1. The molecule has 1 fully saturated rings. The molecule has 1 aliphatic carbocycles. The lowest BCUT2D eigenvalue weighted by molar-refractivity contribution is -0.149. The summed E-state index contributed by atoms with van der Waals surface area (Å²) in [5.41, 5.74) is 0. The number of amides is 4. The molecule has 0 bridgehead atoms. The van der Waals surface area contributed by atoms with Crippen LogP contribution in [0, 0.1) is 11.8 Å². The lowest BCUT2D eigenvalue weighted by Crippen LogP contribution is -2.39. The summed E-state index contributed by atoms with van der Waals surface area (Å²) < 4.78 is 4.82. The van der Waals surface area contributed by atoms with Gasteiger partial charge in [0, 0.05) is 13.1 Å². The smallest absolute Gasteiger partial charge is 0.308 e. The number of allylic oxidation sites excluding steroid dienone is 2. The molecule has 0 spiro atoms. The topological polar surface area (TPSA) is 122 Å². The number of hydrogen-bond acceptors (Lipinski definition) is 6. The van der Waals surface area contributed by atoms with Gasteiger partial charge in [0.2, 0.25) is 17.7 Å². The van der Waals surface area contributed by atoms with Gasteiger partial charge in [-0.25, -0.2) is 0 Å². The Balaban J connectivity index is 1.66. The van der Waals surface area contributed by atoms with Gasteiger partial charge in [0.1, 0.15) is 0 Å². The first-order valence-electron chi connectivity index (χ1n) is 9.13. The van der Waals surface area contributed by atoms with Crippen molar-refractivity contribution < 1.29 is 28.7 Å². The Morgan fingerprint density at radius 3 is 2.30 bits per heavy atom. The number of carbonyl (C=O) groups excluding carboxylic acids is 5. The Morgan fingerprint density at radius 2 is 1.70 bits per heavy atom. The van der Waals surface area contributed by atoms with Crippen LogP contribution in [0.15, 0.2) is 12.2 Å². The molecule has 2 N–H and O–H groups in total. The van der Waals surface area contributed by atoms with Gasteiger partial charge in [0.05, 0.1) is 24.8 Å². The highest BCUT2D eigenvalue weighted by molar-refractivity contribution is 6.05. The Labute approximate surface area is 157 Å². The minimum absolute atomic E-state index is 0.0510. The second-order valence-electron chi connectivity index (χ2n) is 6.52. The van der Waals surface area contributed by atoms with Crippen molar-refractivity contribution >= 4 is 29.6 Å². The molecular formula is C18H25N3O6. The molecule has 0 saturated carbocycles. The molecule has 1 aliphatic heterocycles. The number of carbonyl (C=O) groups is 5. The van der Waals surface area contributed by atoms with Crippen molar-refractivity contribution in [3.8, 4) is 0 Å². The fourth-order valence-corrected chi connectivity index (χ4v) is 3.07. The second kappa shape index (κ2) is 9.84. The average Bonchev–Trinajstić information content (AvgIpc) is 2.92. The van der Waals surface area contributed by atoms with Crippen LogP contribution in [0.3, 0.4) is 0 Å². The Hall–Kier alpha value is -2.71. The van der Waals surface area contributed by atoms with Crippen molar-refractivity contribution in [1.82, 2.24) is 15.5 Å². The molecular weight excluding hydrogens is 354 g/mol. The zero-order valence-electron chi connectivity index (χ0n) is 15.4. The highest BCUT2D eigenvalue weighted by Gasteiger charge is 2.46. The maximum atomic E-state index is 12.3. The molecule has 9 heteroatoms. The van der Waals surface area contributed by atoms with Crippen LogP contribution in [0.25, 0.3) is 0 Å². The number of rotatable bonds is 9. The second-order valence-corrected chi connectivity index (χ2v) is 6.52. The summed E-state index contributed by atoms with van der Waals surface area (Å²) in [5.74, 6) is -2.77. The number of hydrogen-bond donors (Lipinski definition) is 2. The number of fused-ring (bicyclic) bond motifs is 1. The molecule has 1 saturated heterocycles. The summed E-state index contributed by atoms with van der Waals surface area (Å²) >= 11 is 0. The first-order valence-corrected chi connectivity index (χ1v) is 9.13. The first-order chi connectivity index (χ1) is 12.9. The molecule has 0 aromatic carbocycles. The fraction of sp³-hybridized carbons (Fsp3) is 0.611. The summed E-state index contributed by atoms with van der Waals surface area (Å²) in [6.07, 6.45) is 5.49. The number of likely N-dealkylation sites (tertiary alicyclic amines) is 1. The molecule has 0 aromatic rings. The quantitative estimate of drug-likeness (QED) is 0.317. The summed E-state index contributed by atoms with van der Waals surface area (Å²) in [5, 5.41) is 4.94. The SMILES string of the molecule is CCCNC(=O)CNC(=O)COC(=O)CCN1C(=O)[C@@H]2CC=CC[C@H]2C1=O. The van der Waals surface area contributed by atoms with E-state index >= 15 is 0 Å². The molecule has 4 amide bonds.